The van der Waals surface area contributed by atoms with Gasteiger partial charge < -0.3 is 10.5 Å². The van der Waals surface area contributed by atoms with Crippen LogP contribution < -0.4 is 10.5 Å². The van der Waals surface area contributed by atoms with Crippen LogP contribution in [0.25, 0.3) is 0 Å². The topological polar surface area (TPSA) is 48.1 Å². The molecule has 0 unspecified atom stereocenters. The van der Waals surface area contributed by atoms with Crippen molar-refractivity contribution < 1.29 is 17.9 Å². The molecule has 1 heterocycles. The first kappa shape index (κ1) is 10.8. The van der Waals surface area contributed by atoms with E-state index in [9.17, 15) is 13.2 Å². The van der Waals surface area contributed by atoms with Gasteiger partial charge in [-0.15, -0.1) is 13.2 Å². The fourth-order valence-electron chi connectivity index (χ4n) is 0.947. The van der Waals surface area contributed by atoms with Gasteiger partial charge in [0, 0.05) is 12.3 Å². The highest BCUT2D eigenvalue weighted by Crippen LogP contribution is 2.21. The molecule has 0 amide bonds. The molecule has 1 rings (SSSR count). The Morgan fingerprint density at radius 2 is 2.14 bits per heavy atom. The van der Waals surface area contributed by atoms with E-state index in [1.165, 1.54) is 12.3 Å². The van der Waals surface area contributed by atoms with Gasteiger partial charge in [0.15, 0.2) is 0 Å². The monoisotopic (exact) mass is 206 g/mol. The zero-order chi connectivity index (χ0) is 10.6. The zero-order valence-corrected chi connectivity index (χ0v) is 7.21. The molecule has 0 aliphatic rings. The largest absolute Gasteiger partial charge is 0.574 e. The van der Waals surface area contributed by atoms with Crippen LogP contribution in [0.1, 0.15) is 5.56 Å². The Bertz CT molecular complexity index is 301. The molecule has 0 atom stereocenters. The minimum Gasteiger partial charge on any atom is -0.388 e. The molecule has 0 bridgehead atoms. The van der Waals surface area contributed by atoms with Crippen LogP contribution in [0.3, 0.4) is 0 Å². The summed E-state index contributed by atoms with van der Waals surface area (Å²) in [7, 11) is 0. The summed E-state index contributed by atoms with van der Waals surface area (Å²) in [5.41, 5.74) is 5.92. The summed E-state index contributed by atoms with van der Waals surface area (Å²) >= 11 is 0. The second-order valence-electron chi connectivity index (χ2n) is 2.59. The SMILES string of the molecule is NCCc1ccnc(OC(F)(F)F)c1. The van der Waals surface area contributed by atoms with E-state index in [0.717, 1.165) is 0 Å². The molecule has 0 saturated heterocycles. The van der Waals surface area contributed by atoms with Crippen molar-refractivity contribution in [2.45, 2.75) is 12.8 Å². The van der Waals surface area contributed by atoms with E-state index >= 15 is 0 Å². The highest BCUT2D eigenvalue weighted by atomic mass is 19.4. The van der Waals surface area contributed by atoms with E-state index in [0.29, 0.717) is 18.5 Å². The van der Waals surface area contributed by atoms with Crippen LogP contribution in [0.15, 0.2) is 18.3 Å². The van der Waals surface area contributed by atoms with E-state index < -0.39 is 12.2 Å². The van der Waals surface area contributed by atoms with Crippen molar-refractivity contribution in [3.8, 4) is 5.88 Å². The maximum atomic E-state index is 11.8. The van der Waals surface area contributed by atoms with Crippen LogP contribution in [-0.4, -0.2) is 17.9 Å². The highest BCUT2D eigenvalue weighted by molar-refractivity contribution is 5.20. The van der Waals surface area contributed by atoms with E-state index in [1.54, 1.807) is 6.07 Å². The molecule has 2 N–H and O–H groups in total. The smallest absolute Gasteiger partial charge is 0.388 e. The molecule has 1 aromatic rings. The molecule has 0 saturated carbocycles. The molecular weight excluding hydrogens is 197 g/mol. The minimum atomic E-state index is -4.70. The predicted octanol–water partition coefficient (Wildman–Crippen LogP) is 1.48. The van der Waals surface area contributed by atoms with Crippen LogP contribution in [0.4, 0.5) is 13.2 Å². The molecule has 0 aromatic carbocycles. The summed E-state index contributed by atoms with van der Waals surface area (Å²) in [5, 5.41) is 0. The van der Waals surface area contributed by atoms with Crippen LogP contribution in [0, 0.1) is 0 Å². The number of hydrogen-bond donors (Lipinski definition) is 1. The van der Waals surface area contributed by atoms with Gasteiger partial charge in [-0.05, 0) is 24.6 Å². The van der Waals surface area contributed by atoms with Crippen molar-refractivity contribution in [1.29, 1.82) is 0 Å². The summed E-state index contributed by atoms with van der Waals surface area (Å²) in [6.45, 7) is 0.371. The van der Waals surface area contributed by atoms with Gasteiger partial charge in [0.2, 0.25) is 5.88 Å². The molecule has 0 spiro atoms. The molecule has 0 radical (unpaired) electrons. The average Bonchev–Trinajstić information content (AvgIpc) is 2.02. The van der Waals surface area contributed by atoms with Gasteiger partial charge in [0.05, 0.1) is 0 Å². The normalized spacial score (nSPS) is 11.4. The summed E-state index contributed by atoms with van der Waals surface area (Å²) in [4.78, 5) is 3.42. The summed E-state index contributed by atoms with van der Waals surface area (Å²) in [6.07, 6.45) is -2.95. The van der Waals surface area contributed by atoms with Crippen molar-refractivity contribution in [1.82, 2.24) is 4.98 Å². The van der Waals surface area contributed by atoms with Crippen molar-refractivity contribution in [3.63, 3.8) is 0 Å². The molecule has 6 heteroatoms. The zero-order valence-electron chi connectivity index (χ0n) is 7.21. The van der Waals surface area contributed by atoms with Crippen LogP contribution in [0.5, 0.6) is 5.88 Å². The molecule has 0 fully saturated rings. The Hall–Kier alpha value is -1.30. The molecule has 1 aromatic heterocycles. The number of hydrogen-bond acceptors (Lipinski definition) is 3. The van der Waals surface area contributed by atoms with Crippen molar-refractivity contribution in [2.75, 3.05) is 6.54 Å². The Morgan fingerprint density at radius 3 is 2.71 bits per heavy atom. The summed E-state index contributed by atoms with van der Waals surface area (Å²) in [6, 6.07) is 2.82. The van der Waals surface area contributed by atoms with Crippen LogP contribution in [-0.2, 0) is 6.42 Å². The number of alkyl halides is 3. The van der Waals surface area contributed by atoms with Crippen LogP contribution in [0.2, 0.25) is 0 Å². The fourth-order valence-corrected chi connectivity index (χ4v) is 0.947. The van der Waals surface area contributed by atoms with Gasteiger partial charge in [-0.2, -0.15) is 0 Å². The van der Waals surface area contributed by atoms with E-state index in [1.807, 2.05) is 0 Å². The third kappa shape index (κ3) is 3.61. The summed E-state index contributed by atoms with van der Waals surface area (Å²) < 4.78 is 39.0. The predicted molar refractivity (Wildman–Crippen MR) is 43.7 cm³/mol. The van der Waals surface area contributed by atoms with E-state index in [4.69, 9.17) is 5.73 Å². The van der Waals surface area contributed by atoms with Crippen molar-refractivity contribution >= 4 is 0 Å². The molecular formula is C8H9F3N2O. The van der Waals surface area contributed by atoms with Gasteiger partial charge in [-0.1, -0.05) is 0 Å². The first-order valence-corrected chi connectivity index (χ1v) is 3.92. The Kier molecular flexibility index (Phi) is 3.29. The number of nitrogens with two attached hydrogens (primary N) is 1. The van der Waals surface area contributed by atoms with E-state index in [2.05, 4.69) is 9.72 Å². The lowest BCUT2D eigenvalue weighted by Gasteiger charge is -2.08. The Labute approximate surface area is 78.7 Å². The standard InChI is InChI=1S/C8H9F3N2O/c9-8(10,11)14-7-5-6(1-3-12)2-4-13-7/h2,4-5H,1,3,12H2. The summed E-state index contributed by atoms with van der Waals surface area (Å²) in [5.74, 6) is -0.455. The quantitative estimate of drug-likeness (QED) is 0.814. The van der Waals surface area contributed by atoms with Gasteiger partial charge >= 0.3 is 6.36 Å². The number of nitrogens with zero attached hydrogens (tertiary/aromatic N) is 1. The first-order chi connectivity index (χ1) is 6.51. The second-order valence-corrected chi connectivity index (χ2v) is 2.59. The van der Waals surface area contributed by atoms with Gasteiger partial charge in [0.1, 0.15) is 0 Å². The van der Waals surface area contributed by atoms with Gasteiger partial charge in [-0.25, -0.2) is 4.98 Å². The molecule has 0 aliphatic carbocycles. The Balaban J connectivity index is 2.73. The number of pyridine rings is 1. The number of ether oxygens (including phenoxy) is 1. The van der Waals surface area contributed by atoms with Gasteiger partial charge in [-0.3, -0.25) is 0 Å². The third-order valence-corrected chi connectivity index (χ3v) is 1.45. The third-order valence-electron chi connectivity index (χ3n) is 1.45. The lowest BCUT2D eigenvalue weighted by Crippen LogP contribution is -2.18. The first-order valence-electron chi connectivity index (χ1n) is 3.92. The van der Waals surface area contributed by atoms with E-state index in [-0.39, 0.29) is 0 Å². The molecule has 0 aliphatic heterocycles. The fraction of sp³-hybridized carbons (Fsp3) is 0.375. The number of aromatic nitrogens is 1. The molecule has 78 valence electrons. The van der Waals surface area contributed by atoms with Crippen molar-refractivity contribution in [3.05, 3.63) is 23.9 Å². The second kappa shape index (κ2) is 4.28. The number of halogens is 3. The van der Waals surface area contributed by atoms with Crippen LogP contribution >= 0.6 is 0 Å². The van der Waals surface area contributed by atoms with Crippen molar-refractivity contribution in [2.24, 2.45) is 5.73 Å². The molecule has 3 nitrogen and oxygen atoms in total. The molecule has 14 heavy (non-hydrogen) atoms. The lowest BCUT2D eigenvalue weighted by atomic mass is 10.2. The van der Waals surface area contributed by atoms with Gasteiger partial charge in [0.25, 0.3) is 0 Å². The highest BCUT2D eigenvalue weighted by Gasteiger charge is 2.31. The minimum absolute atomic E-state index is 0.371. The number of rotatable bonds is 3. The Morgan fingerprint density at radius 1 is 1.43 bits per heavy atom. The average molecular weight is 206 g/mol. The maximum Gasteiger partial charge on any atom is 0.574 e. The lowest BCUT2D eigenvalue weighted by molar-refractivity contribution is -0.276. The maximum absolute atomic E-state index is 11.8.